The summed E-state index contributed by atoms with van der Waals surface area (Å²) >= 11 is 0. The maximum absolute atomic E-state index is 10.5. The number of hydrogen-bond acceptors (Lipinski definition) is 4. The number of aliphatic hydroxyl groups excluding tert-OH is 4. The largest absolute Gasteiger partial charge is 0.393 e. The zero-order valence-corrected chi connectivity index (χ0v) is 11.8. The van der Waals surface area contributed by atoms with Crippen molar-refractivity contribution in [3.05, 3.63) is 12.2 Å². The third-order valence-corrected chi connectivity index (χ3v) is 5.38. The summed E-state index contributed by atoms with van der Waals surface area (Å²) in [6.07, 6.45) is -0.0778. The molecular formula is C15H26O4. The van der Waals surface area contributed by atoms with Crippen LogP contribution in [0.4, 0.5) is 0 Å². The van der Waals surface area contributed by atoms with Crippen molar-refractivity contribution >= 4 is 0 Å². The number of rotatable bonds is 2. The van der Waals surface area contributed by atoms with E-state index in [1.165, 1.54) is 0 Å². The van der Waals surface area contributed by atoms with Crippen LogP contribution in [0.2, 0.25) is 0 Å². The van der Waals surface area contributed by atoms with Gasteiger partial charge in [0, 0.05) is 5.41 Å². The van der Waals surface area contributed by atoms with Gasteiger partial charge in [-0.3, -0.25) is 0 Å². The SMILES string of the molecule is C=C1[C@@H](O)CCC2C[C@H](CC(C)O)[C@@H](O)[C@@H](O)[C@]12C. The molecule has 0 saturated heterocycles. The lowest BCUT2D eigenvalue weighted by atomic mass is 9.53. The number of hydrogen-bond donors (Lipinski definition) is 4. The van der Waals surface area contributed by atoms with Gasteiger partial charge >= 0.3 is 0 Å². The molecule has 0 heterocycles. The molecule has 2 rings (SSSR count). The van der Waals surface area contributed by atoms with E-state index in [9.17, 15) is 20.4 Å². The van der Waals surface area contributed by atoms with Gasteiger partial charge in [-0.1, -0.05) is 13.5 Å². The van der Waals surface area contributed by atoms with Crippen LogP contribution in [0.25, 0.3) is 0 Å². The topological polar surface area (TPSA) is 80.9 Å². The molecule has 2 saturated carbocycles. The molecule has 0 aromatic carbocycles. The van der Waals surface area contributed by atoms with E-state index in [2.05, 4.69) is 6.58 Å². The van der Waals surface area contributed by atoms with Gasteiger partial charge in [0.15, 0.2) is 0 Å². The Labute approximate surface area is 114 Å². The predicted octanol–water partition coefficient (Wildman–Crippen LogP) is 0.832. The molecule has 2 aliphatic carbocycles. The lowest BCUT2D eigenvalue weighted by Crippen LogP contribution is -2.58. The normalized spacial score (nSPS) is 48.7. The Bertz CT molecular complexity index is 350. The Hall–Kier alpha value is -0.420. The first-order valence-electron chi connectivity index (χ1n) is 7.20. The Balaban J connectivity index is 2.24. The van der Waals surface area contributed by atoms with Crippen LogP contribution in [0.1, 0.15) is 39.5 Å². The molecule has 2 unspecified atom stereocenters. The van der Waals surface area contributed by atoms with Crippen molar-refractivity contribution in [1.29, 1.82) is 0 Å². The first-order chi connectivity index (χ1) is 8.78. The van der Waals surface area contributed by atoms with Gasteiger partial charge in [-0.25, -0.2) is 0 Å². The first kappa shape index (κ1) is 15.0. The molecule has 7 atom stereocenters. The van der Waals surface area contributed by atoms with Gasteiger partial charge in [-0.2, -0.15) is 0 Å². The highest BCUT2D eigenvalue weighted by atomic mass is 16.3. The quantitative estimate of drug-likeness (QED) is 0.560. The van der Waals surface area contributed by atoms with Crippen LogP contribution >= 0.6 is 0 Å². The molecule has 4 nitrogen and oxygen atoms in total. The second-order valence-electron chi connectivity index (χ2n) is 6.61. The molecule has 0 amide bonds. The highest BCUT2D eigenvalue weighted by Gasteiger charge is 2.55. The summed E-state index contributed by atoms with van der Waals surface area (Å²) in [6, 6.07) is 0. The first-order valence-corrected chi connectivity index (χ1v) is 7.20. The zero-order chi connectivity index (χ0) is 14.4. The molecule has 0 spiro atoms. The molecule has 19 heavy (non-hydrogen) atoms. The molecule has 0 bridgehead atoms. The number of fused-ring (bicyclic) bond motifs is 1. The van der Waals surface area contributed by atoms with E-state index in [1.807, 2.05) is 6.92 Å². The van der Waals surface area contributed by atoms with E-state index in [-0.39, 0.29) is 11.8 Å². The van der Waals surface area contributed by atoms with E-state index in [4.69, 9.17) is 0 Å². The van der Waals surface area contributed by atoms with Crippen molar-refractivity contribution in [2.75, 3.05) is 0 Å². The second-order valence-corrected chi connectivity index (χ2v) is 6.61. The lowest BCUT2D eigenvalue weighted by molar-refractivity contribution is -0.149. The molecule has 0 aliphatic heterocycles. The maximum atomic E-state index is 10.5. The Morgan fingerprint density at radius 3 is 2.53 bits per heavy atom. The average Bonchev–Trinajstić information content (AvgIpc) is 2.34. The summed E-state index contributed by atoms with van der Waals surface area (Å²) in [6.45, 7) is 7.55. The monoisotopic (exact) mass is 270 g/mol. The van der Waals surface area contributed by atoms with E-state index >= 15 is 0 Å². The molecule has 110 valence electrons. The minimum Gasteiger partial charge on any atom is -0.393 e. The summed E-state index contributed by atoms with van der Waals surface area (Å²) in [7, 11) is 0. The smallest absolute Gasteiger partial charge is 0.0895 e. The predicted molar refractivity (Wildman–Crippen MR) is 72.4 cm³/mol. The van der Waals surface area contributed by atoms with Crippen LogP contribution in [0.5, 0.6) is 0 Å². The standard InChI is InChI=1S/C15H26O4/c1-8(16)6-10-7-11-4-5-12(17)9(2)15(11,3)14(19)13(10)18/h8,10-14,16-19H,2,4-7H2,1,3H3/t8?,10-,11?,12-,13+,14+,15+/m0/s1. The van der Waals surface area contributed by atoms with E-state index in [0.717, 1.165) is 12.8 Å². The summed E-state index contributed by atoms with van der Waals surface area (Å²) in [4.78, 5) is 0. The summed E-state index contributed by atoms with van der Waals surface area (Å²) in [5, 5.41) is 40.3. The van der Waals surface area contributed by atoms with Crippen LogP contribution < -0.4 is 0 Å². The van der Waals surface area contributed by atoms with Crippen molar-refractivity contribution in [3.8, 4) is 0 Å². The molecule has 2 fully saturated rings. The van der Waals surface area contributed by atoms with Crippen LogP contribution in [0, 0.1) is 17.3 Å². The Morgan fingerprint density at radius 1 is 1.32 bits per heavy atom. The van der Waals surface area contributed by atoms with Crippen LogP contribution in [-0.2, 0) is 0 Å². The number of aliphatic hydroxyl groups is 4. The third-order valence-electron chi connectivity index (χ3n) is 5.38. The summed E-state index contributed by atoms with van der Waals surface area (Å²) in [5.41, 5.74) is 0.0255. The van der Waals surface area contributed by atoms with Crippen LogP contribution in [0.15, 0.2) is 12.2 Å². The summed E-state index contributed by atoms with van der Waals surface area (Å²) in [5.74, 6) is 0.127. The molecule has 2 aliphatic rings. The van der Waals surface area contributed by atoms with Gasteiger partial charge in [-0.15, -0.1) is 0 Å². The minimum absolute atomic E-state index is 0.0869. The molecule has 0 radical (unpaired) electrons. The minimum atomic E-state index is -0.919. The molecule has 0 aromatic heterocycles. The van der Waals surface area contributed by atoms with Crippen LogP contribution in [0.3, 0.4) is 0 Å². The van der Waals surface area contributed by atoms with Gasteiger partial charge in [0.05, 0.1) is 24.4 Å². The highest BCUT2D eigenvalue weighted by Crippen LogP contribution is 2.54. The van der Waals surface area contributed by atoms with Gasteiger partial charge in [0.25, 0.3) is 0 Å². The van der Waals surface area contributed by atoms with Crippen molar-refractivity contribution in [1.82, 2.24) is 0 Å². The van der Waals surface area contributed by atoms with Gasteiger partial charge in [0.2, 0.25) is 0 Å². The fourth-order valence-corrected chi connectivity index (χ4v) is 4.04. The van der Waals surface area contributed by atoms with Gasteiger partial charge in [0.1, 0.15) is 0 Å². The van der Waals surface area contributed by atoms with Crippen molar-refractivity contribution in [2.24, 2.45) is 17.3 Å². The molecule has 4 heteroatoms. The van der Waals surface area contributed by atoms with Gasteiger partial charge < -0.3 is 20.4 Å². The zero-order valence-electron chi connectivity index (χ0n) is 11.8. The molecule has 0 aromatic rings. The van der Waals surface area contributed by atoms with Crippen molar-refractivity contribution < 1.29 is 20.4 Å². The fraction of sp³-hybridized carbons (Fsp3) is 0.867. The molecule has 4 N–H and O–H groups in total. The van der Waals surface area contributed by atoms with Gasteiger partial charge in [-0.05, 0) is 50.0 Å². The van der Waals surface area contributed by atoms with E-state index in [1.54, 1.807) is 6.92 Å². The summed E-state index contributed by atoms with van der Waals surface area (Å²) < 4.78 is 0. The molecular weight excluding hydrogens is 244 g/mol. The van der Waals surface area contributed by atoms with Crippen LogP contribution in [-0.4, -0.2) is 44.8 Å². The highest BCUT2D eigenvalue weighted by molar-refractivity contribution is 5.24. The fourth-order valence-electron chi connectivity index (χ4n) is 4.04. The van der Waals surface area contributed by atoms with E-state index in [0.29, 0.717) is 18.4 Å². The average molecular weight is 270 g/mol. The van der Waals surface area contributed by atoms with Crippen molar-refractivity contribution in [2.45, 2.75) is 63.9 Å². The third kappa shape index (κ3) is 2.35. The lowest BCUT2D eigenvalue weighted by Gasteiger charge is -2.55. The Kier molecular flexibility index (Phi) is 4.07. The second kappa shape index (κ2) is 5.17. The Morgan fingerprint density at radius 2 is 1.95 bits per heavy atom. The maximum Gasteiger partial charge on any atom is 0.0895 e. The van der Waals surface area contributed by atoms with Crippen molar-refractivity contribution in [3.63, 3.8) is 0 Å². The van der Waals surface area contributed by atoms with E-state index < -0.39 is 29.8 Å².